The Kier molecular flexibility index (Phi) is 4.39. The molecular formula is C13H16N2O4S. The molecule has 1 aromatic heterocycles. The van der Waals surface area contributed by atoms with Crippen LogP contribution in [0.25, 0.3) is 0 Å². The summed E-state index contributed by atoms with van der Waals surface area (Å²) in [5.74, 6) is -3.10. The van der Waals surface area contributed by atoms with Gasteiger partial charge in [0.25, 0.3) is 5.91 Å². The SMILES string of the molecule is NC(=O)c1ccsc1NC(=O)[C@H]1CCCC[C@@H]1C(=O)O. The van der Waals surface area contributed by atoms with Gasteiger partial charge < -0.3 is 16.2 Å². The average Bonchev–Trinajstić information content (AvgIpc) is 2.87. The number of carboxylic acid groups (broad SMARTS) is 1. The first-order chi connectivity index (χ1) is 9.50. The van der Waals surface area contributed by atoms with Crippen LogP contribution in [0.15, 0.2) is 11.4 Å². The highest BCUT2D eigenvalue weighted by molar-refractivity contribution is 7.14. The minimum Gasteiger partial charge on any atom is -0.481 e. The molecule has 1 aliphatic rings. The van der Waals surface area contributed by atoms with Crippen molar-refractivity contribution < 1.29 is 19.5 Å². The molecule has 0 aliphatic heterocycles. The number of carboxylic acids is 1. The lowest BCUT2D eigenvalue weighted by atomic mass is 9.79. The van der Waals surface area contributed by atoms with E-state index in [9.17, 15) is 19.5 Å². The van der Waals surface area contributed by atoms with E-state index in [-0.39, 0.29) is 11.5 Å². The van der Waals surface area contributed by atoms with Crippen LogP contribution in [0.4, 0.5) is 5.00 Å². The van der Waals surface area contributed by atoms with Gasteiger partial charge in [-0.1, -0.05) is 12.8 Å². The van der Waals surface area contributed by atoms with E-state index in [2.05, 4.69) is 5.32 Å². The summed E-state index contributed by atoms with van der Waals surface area (Å²) in [5.41, 5.74) is 5.47. The van der Waals surface area contributed by atoms with E-state index in [4.69, 9.17) is 5.73 Å². The Bertz CT molecular complexity index is 540. The van der Waals surface area contributed by atoms with E-state index in [1.807, 2.05) is 0 Å². The summed E-state index contributed by atoms with van der Waals surface area (Å²) in [7, 11) is 0. The average molecular weight is 296 g/mol. The molecule has 1 fully saturated rings. The number of rotatable bonds is 4. The molecule has 0 bridgehead atoms. The van der Waals surface area contributed by atoms with Crippen molar-refractivity contribution >= 4 is 34.1 Å². The third kappa shape index (κ3) is 2.98. The Morgan fingerprint density at radius 3 is 2.50 bits per heavy atom. The van der Waals surface area contributed by atoms with Crippen molar-refractivity contribution in [2.45, 2.75) is 25.7 Å². The molecule has 4 N–H and O–H groups in total. The molecule has 0 unspecified atom stereocenters. The number of primary amides is 1. The van der Waals surface area contributed by atoms with Gasteiger partial charge in [0, 0.05) is 0 Å². The molecule has 2 amide bonds. The quantitative estimate of drug-likeness (QED) is 0.785. The molecule has 2 rings (SSSR count). The van der Waals surface area contributed by atoms with Crippen molar-refractivity contribution in [1.29, 1.82) is 0 Å². The van der Waals surface area contributed by atoms with Crippen LogP contribution in [0.2, 0.25) is 0 Å². The number of nitrogens with two attached hydrogens (primary N) is 1. The lowest BCUT2D eigenvalue weighted by Gasteiger charge is -2.27. The van der Waals surface area contributed by atoms with Gasteiger partial charge in [0.1, 0.15) is 5.00 Å². The van der Waals surface area contributed by atoms with Crippen LogP contribution in [0.5, 0.6) is 0 Å². The maximum atomic E-state index is 12.2. The second-order valence-corrected chi connectivity index (χ2v) is 5.77. The topological polar surface area (TPSA) is 109 Å². The molecule has 1 saturated carbocycles. The van der Waals surface area contributed by atoms with Crippen LogP contribution in [0, 0.1) is 11.8 Å². The highest BCUT2D eigenvalue weighted by Crippen LogP contribution is 2.32. The lowest BCUT2D eigenvalue weighted by Crippen LogP contribution is -2.36. The monoisotopic (exact) mass is 296 g/mol. The molecule has 7 heteroatoms. The zero-order valence-electron chi connectivity index (χ0n) is 10.8. The molecule has 2 atom stereocenters. The number of thiophene rings is 1. The second-order valence-electron chi connectivity index (χ2n) is 4.85. The minimum atomic E-state index is -0.939. The van der Waals surface area contributed by atoms with Crippen LogP contribution < -0.4 is 11.1 Å². The van der Waals surface area contributed by atoms with Crippen LogP contribution in [-0.4, -0.2) is 22.9 Å². The van der Waals surface area contributed by atoms with Crippen molar-refractivity contribution in [2.24, 2.45) is 17.6 Å². The maximum absolute atomic E-state index is 12.2. The van der Waals surface area contributed by atoms with Crippen molar-refractivity contribution in [3.05, 3.63) is 17.0 Å². The molecule has 0 spiro atoms. The van der Waals surface area contributed by atoms with Gasteiger partial charge in [-0.25, -0.2) is 0 Å². The highest BCUT2D eigenvalue weighted by Gasteiger charge is 2.36. The van der Waals surface area contributed by atoms with E-state index < -0.39 is 23.7 Å². The van der Waals surface area contributed by atoms with Crippen LogP contribution in [0.3, 0.4) is 0 Å². The normalized spacial score (nSPS) is 22.2. The van der Waals surface area contributed by atoms with E-state index in [0.717, 1.165) is 12.8 Å². The molecule has 1 aromatic rings. The Morgan fingerprint density at radius 2 is 1.90 bits per heavy atom. The smallest absolute Gasteiger partial charge is 0.307 e. The number of amides is 2. The third-order valence-corrected chi connectivity index (χ3v) is 4.42. The summed E-state index contributed by atoms with van der Waals surface area (Å²) in [6.07, 6.45) is 2.74. The van der Waals surface area contributed by atoms with Crippen LogP contribution in [0.1, 0.15) is 36.0 Å². The summed E-state index contributed by atoms with van der Waals surface area (Å²) in [5, 5.41) is 13.9. The molecule has 6 nitrogen and oxygen atoms in total. The number of nitrogens with one attached hydrogen (secondary N) is 1. The fraction of sp³-hybridized carbons (Fsp3) is 0.462. The summed E-state index contributed by atoms with van der Waals surface area (Å²) in [6, 6.07) is 1.54. The number of aliphatic carboxylic acids is 1. The predicted octanol–water partition coefficient (Wildman–Crippen LogP) is 1.68. The summed E-state index contributed by atoms with van der Waals surface area (Å²) >= 11 is 1.20. The molecule has 0 saturated heterocycles. The molecule has 1 aliphatic carbocycles. The standard InChI is InChI=1S/C13H16N2O4S/c14-10(16)9-5-6-20-12(9)15-11(17)7-3-1-2-4-8(7)13(18)19/h5-8H,1-4H2,(H2,14,16)(H,15,17)(H,18,19)/t7-,8-/m0/s1. The third-order valence-electron chi connectivity index (χ3n) is 3.59. The molecule has 20 heavy (non-hydrogen) atoms. The first-order valence-corrected chi connectivity index (χ1v) is 7.29. The maximum Gasteiger partial charge on any atom is 0.307 e. The van der Waals surface area contributed by atoms with Crippen LogP contribution in [-0.2, 0) is 9.59 Å². The minimum absolute atomic E-state index is 0.256. The molecular weight excluding hydrogens is 280 g/mol. The largest absolute Gasteiger partial charge is 0.481 e. The lowest BCUT2D eigenvalue weighted by molar-refractivity contribution is -0.147. The Labute approximate surface area is 120 Å². The molecule has 108 valence electrons. The predicted molar refractivity (Wildman–Crippen MR) is 74.6 cm³/mol. The molecule has 1 heterocycles. The van der Waals surface area contributed by atoms with E-state index >= 15 is 0 Å². The fourth-order valence-electron chi connectivity index (χ4n) is 2.54. The van der Waals surface area contributed by atoms with Gasteiger partial charge in [0.15, 0.2) is 0 Å². The van der Waals surface area contributed by atoms with E-state index in [1.54, 1.807) is 5.38 Å². The number of carbonyl (C=O) groups excluding carboxylic acids is 2. The van der Waals surface area contributed by atoms with Crippen molar-refractivity contribution in [1.82, 2.24) is 0 Å². The van der Waals surface area contributed by atoms with Crippen molar-refractivity contribution in [2.75, 3.05) is 5.32 Å². The first-order valence-electron chi connectivity index (χ1n) is 6.41. The van der Waals surface area contributed by atoms with E-state index in [0.29, 0.717) is 17.8 Å². The van der Waals surface area contributed by atoms with Gasteiger partial charge in [0.2, 0.25) is 5.91 Å². The number of hydrogen-bond donors (Lipinski definition) is 3. The van der Waals surface area contributed by atoms with Gasteiger partial charge >= 0.3 is 5.97 Å². The molecule has 0 radical (unpaired) electrons. The summed E-state index contributed by atoms with van der Waals surface area (Å²) in [6.45, 7) is 0. The first kappa shape index (κ1) is 14.5. The Balaban J connectivity index is 2.12. The van der Waals surface area contributed by atoms with Crippen molar-refractivity contribution in [3.63, 3.8) is 0 Å². The van der Waals surface area contributed by atoms with Gasteiger partial charge in [-0.3, -0.25) is 14.4 Å². The summed E-state index contributed by atoms with van der Waals surface area (Å²) < 4.78 is 0. The number of anilines is 1. The summed E-state index contributed by atoms with van der Waals surface area (Å²) in [4.78, 5) is 34.6. The van der Waals surface area contributed by atoms with Gasteiger partial charge in [-0.2, -0.15) is 0 Å². The zero-order chi connectivity index (χ0) is 14.7. The van der Waals surface area contributed by atoms with Gasteiger partial charge in [0.05, 0.1) is 17.4 Å². The van der Waals surface area contributed by atoms with Crippen molar-refractivity contribution in [3.8, 4) is 0 Å². The second kappa shape index (κ2) is 6.04. The fourth-order valence-corrected chi connectivity index (χ4v) is 3.34. The van der Waals surface area contributed by atoms with E-state index in [1.165, 1.54) is 17.4 Å². The molecule has 0 aromatic carbocycles. The Morgan fingerprint density at radius 1 is 1.25 bits per heavy atom. The van der Waals surface area contributed by atoms with Gasteiger partial charge in [-0.05, 0) is 24.3 Å². The number of hydrogen-bond acceptors (Lipinski definition) is 4. The zero-order valence-corrected chi connectivity index (χ0v) is 11.6. The van der Waals surface area contributed by atoms with Gasteiger partial charge in [-0.15, -0.1) is 11.3 Å². The number of carbonyl (C=O) groups is 3. The Hall–Kier alpha value is -1.89. The highest BCUT2D eigenvalue weighted by atomic mass is 32.1. The van der Waals surface area contributed by atoms with Crippen LogP contribution >= 0.6 is 11.3 Å².